The molecule has 0 bridgehead atoms. The third kappa shape index (κ3) is 3.45. The number of thioether (sulfide) groups is 1. The highest BCUT2D eigenvalue weighted by Gasteiger charge is 2.38. The van der Waals surface area contributed by atoms with E-state index in [0.717, 1.165) is 23.9 Å². The zero-order valence-corrected chi connectivity index (χ0v) is 12.8. The molecular formula is C14H14F3N3O2S. The van der Waals surface area contributed by atoms with E-state index in [1.165, 1.54) is 6.07 Å². The number of benzene rings is 1. The highest BCUT2D eigenvalue weighted by Crippen LogP contribution is 2.32. The van der Waals surface area contributed by atoms with Gasteiger partial charge in [-0.15, -0.1) is 0 Å². The molecule has 5 nitrogen and oxygen atoms in total. The normalized spacial score (nSPS) is 23.3. The van der Waals surface area contributed by atoms with E-state index < -0.39 is 17.1 Å². The largest absolute Gasteiger partial charge is 0.416 e. The monoisotopic (exact) mass is 345 g/mol. The van der Waals surface area contributed by atoms with Gasteiger partial charge in [-0.2, -0.15) is 13.2 Å². The van der Waals surface area contributed by atoms with Gasteiger partial charge in [0.05, 0.1) is 5.56 Å². The van der Waals surface area contributed by atoms with Gasteiger partial charge in [-0.3, -0.25) is 19.8 Å². The minimum absolute atomic E-state index is 0.326. The Labute approximate surface area is 134 Å². The lowest BCUT2D eigenvalue weighted by molar-refractivity contribution is -0.137. The van der Waals surface area contributed by atoms with Crippen LogP contribution in [0.25, 0.3) is 0 Å². The van der Waals surface area contributed by atoms with Crippen molar-refractivity contribution >= 4 is 28.6 Å². The Kier molecular flexibility index (Phi) is 4.24. The summed E-state index contributed by atoms with van der Waals surface area (Å²) in [5.41, 5.74) is -0.159. The van der Waals surface area contributed by atoms with E-state index in [1.807, 2.05) is 9.80 Å². The van der Waals surface area contributed by atoms with E-state index in [9.17, 15) is 22.8 Å². The van der Waals surface area contributed by atoms with E-state index in [0.29, 0.717) is 31.9 Å². The van der Waals surface area contributed by atoms with E-state index in [-0.39, 0.29) is 11.1 Å². The van der Waals surface area contributed by atoms with Gasteiger partial charge in [0.25, 0.3) is 11.1 Å². The summed E-state index contributed by atoms with van der Waals surface area (Å²) in [6.07, 6.45) is -4.36. The molecule has 2 saturated heterocycles. The first kappa shape index (κ1) is 16.1. The number of anilines is 1. The molecule has 0 saturated carbocycles. The summed E-state index contributed by atoms with van der Waals surface area (Å²) in [4.78, 5) is 26.6. The molecule has 1 aromatic rings. The summed E-state index contributed by atoms with van der Waals surface area (Å²) in [6.45, 7) is 2.02. The number of alkyl halides is 3. The van der Waals surface area contributed by atoms with Crippen molar-refractivity contribution in [3.8, 4) is 0 Å². The predicted molar refractivity (Wildman–Crippen MR) is 80.1 cm³/mol. The Bertz CT molecular complexity index is 630. The lowest BCUT2D eigenvalue weighted by Crippen LogP contribution is -2.51. The number of carbonyl (C=O) groups is 2. The number of amides is 2. The quantitative estimate of drug-likeness (QED) is 0.890. The lowest BCUT2D eigenvalue weighted by atomic mass is 10.1. The first-order chi connectivity index (χ1) is 10.8. The molecule has 1 N–H and O–H groups in total. The summed E-state index contributed by atoms with van der Waals surface area (Å²) in [6, 6.07) is 5.22. The molecule has 2 fully saturated rings. The highest BCUT2D eigenvalue weighted by atomic mass is 32.2. The molecule has 1 aromatic carbocycles. The second-order valence-electron chi connectivity index (χ2n) is 5.32. The molecule has 2 aliphatic heterocycles. The number of nitrogens with zero attached hydrogens (tertiary/aromatic N) is 2. The van der Waals surface area contributed by atoms with Gasteiger partial charge in [0.15, 0.2) is 0 Å². The van der Waals surface area contributed by atoms with E-state index in [1.54, 1.807) is 6.07 Å². The van der Waals surface area contributed by atoms with E-state index >= 15 is 0 Å². The topological polar surface area (TPSA) is 52.7 Å². The first-order valence-electron chi connectivity index (χ1n) is 7.02. The van der Waals surface area contributed by atoms with Gasteiger partial charge in [-0.1, -0.05) is 6.07 Å². The fourth-order valence-corrected chi connectivity index (χ4v) is 3.57. The Balaban J connectivity index is 1.65. The van der Waals surface area contributed by atoms with Gasteiger partial charge in [0, 0.05) is 31.9 Å². The molecule has 9 heteroatoms. The van der Waals surface area contributed by atoms with E-state index in [4.69, 9.17) is 0 Å². The summed E-state index contributed by atoms with van der Waals surface area (Å²) < 4.78 is 38.3. The van der Waals surface area contributed by atoms with Crippen LogP contribution in [0, 0.1) is 0 Å². The van der Waals surface area contributed by atoms with Gasteiger partial charge in [-0.25, -0.2) is 0 Å². The first-order valence-corrected chi connectivity index (χ1v) is 7.90. The van der Waals surface area contributed by atoms with Crippen LogP contribution in [0.1, 0.15) is 5.56 Å². The average molecular weight is 345 g/mol. The lowest BCUT2D eigenvalue weighted by Gasteiger charge is -2.37. The molecule has 1 atom stereocenters. The van der Waals surface area contributed by atoms with E-state index in [2.05, 4.69) is 5.32 Å². The third-order valence-electron chi connectivity index (χ3n) is 3.85. The number of rotatable bonds is 2. The second kappa shape index (κ2) is 6.04. The fraction of sp³-hybridized carbons (Fsp3) is 0.429. The van der Waals surface area contributed by atoms with Crippen LogP contribution in [-0.2, 0) is 11.0 Å². The molecule has 0 spiro atoms. The third-order valence-corrected chi connectivity index (χ3v) is 4.90. The van der Waals surface area contributed by atoms with Gasteiger partial charge in [-0.05, 0) is 30.0 Å². The van der Waals surface area contributed by atoms with Crippen molar-refractivity contribution in [1.29, 1.82) is 0 Å². The molecule has 0 aliphatic carbocycles. The minimum atomic E-state index is -4.36. The van der Waals surface area contributed by atoms with Crippen molar-refractivity contribution in [3.05, 3.63) is 29.8 Å². The molecule has 2 heterocycles. The summed E-state index contributed by atoms with van der Waals surface area (Å²) in [5, 5.41) is 1.34. The maximum Gasteiger partial charge on any atom is 0.416 e. The maximum absolute atomic E-state index is 12.8. The summed E-state index contributed by atoms with van der Waals surface area (Å²) in [5.74, 6) is -0.326. The predicted octanol–water partition coefficient (Wildman–Crippen LogP) is 2.14. The number of hydrogen-bond donors (Lipinski definition) is 1. The molecular weight excluding hydrogens is 331 g/mol. The van der Waals surface area contributed by atoms with Crippen molar-refractivity contribution in [1.82, 2.24) is 10.2 Å². The van der Waals surface area contributed by atoms with Gasteiger partial charge in [0.1, 0.15) is 5.37 Å². The molecule has 0 unspecified atom stereocenters. The van der Waals surface area contributed by atoms with Crippen molar-refractivity contribution < 1.29 is 22.8 Å². The van der Waals surface area contributed by atoms with Crippen molar-refractivity contribution in [3.63, 3.8) is 0 Å². The van der Waals surface area contributed by atoms with Crippen LogP contribution >= 0.6 is 11.8 Å². The molecule has 3 rings (SSSR count). The van der Waals surface area contributed by atoms with Crippen LogP contribution in [0.4, 0.5) is 23.7 Å². The molecule has 2 amide bonds. The number of halogens is 3. The minimum Gasteiger partial charge on any atom is -0.369 e. The summed E-state index contributed by atoms with van der Waals surface area (Å²) >= 11 is 0.942. The smallest absolute Gasteiger partial charge is 0.369 e. The Morgan fingerprint density at radius 3 is 2.39 bits per heavy atom. The van der Waals surface area contributed by atoms with Crippen molar-refractivity contribution in [2.75, 3.05) is 31.1 Å². The zero-order valence-electron chi connectivity index (χ0n) is 12.0. The number of piperazine rings is 1. The Morgan fingerprint density at radius 1 is 1.13 bits per heavy atom. The Morgan fingerprint density at radius 2 is 1.83 bits per heavy atom. The molecule has 0 radical (unpaired) electrons. The zero-order chi connectivity index (χ0) is 16.6. The van der Waals surface area contributed by atoms with Crippen LogP contribution < -0.4 is 10.2 Å². The van der Waals surface area contributed by atoms with Gasteiger partial charge >= 0.3 is 6.18 Å². The van der Waals surface area contributed by atoms with Crippen LogP contribution in [0.5, 0.6) is 0 Å². The van der Waals surface area contributed by atoms with Crippen molar-refractivity contribution in [2.45, 2.75) is 11.6 Å². The Hall–Kier alpha value is -1.74. The SMILES string of the molecule is O=C1NC(=O)[C@H](N2CCN(c3cccc(C(F)(F)F)c3)CC2)S1. The number of nitrogens with one attached hydrogen (secondary N) is 1. The van der Waals surface area contributed by atoms with Gasteiger partial charge < -0.3 is 4.90 Å². The van der Waals surface area contributed by atoms with Crippen LogP contribution in [0.2, 0.25) is 0 Å². The molecule has 2 aliphatic rings. The molecule has 23 heavy (non-hydrogen) atoms. The molecule has 124 valence electrons. The number of imide groups is 1. The standard InChI is InChI=1S/C14H14F3N3O2S/c15-14(16,17)9-2-1-3-10(8-9)19-4-6-20(7-5-19)12-11(21)18-13(22)23-12/h1-3,8,12H,4-7H2,(H,18,21,22)/t12-/m1/s1. The van der Waals surface area contributed by atoms with Crippen LogP contribution in [0.3, 0.4) is 0 Å². The fourth-order valence-electron chi connectivity index (χ4n) is 2.68. The summed E-state index contributed by atoms with van der Waals surface area (Å²) in [7, 11) is 0. The highest BCUT2D eigenvalue weighted by molar-refractivity contribution is 8.15. The maximum atomic E-state index is 12.8. The van der Waals surface area contributed by atoms with Crippen LogP contribution in [0.15, 0.2) is 24.3 Å². The van der Waals surface area contributed by atoms with Crippen LogP contribution in [-0.4, -0.2) is 47.6 Å². The second-order valence-corrected chi connectivity index (χ2v) is 6.37. The average Bonchev–Trinajstić information content (AvgIpc) is 2.85. The van der Waals surface area contributed by atoms with Crippen molar-refractivity contribution in [2.24, 2.45) is 0 Å². The molecule has 0 aromatic heterocycles. The van der Waals surface area contributed by atoms with Gasteiger partial charge in [0.2, 0.25) is 0 Å². The number of hydrogen-bond acceptors (Lipinski definition) is 5. The number of carbonyl (C=O) groups excluding carboxylic acids is 2.